The van der Waals surface area contributed by atoms with E-state index in [1.54, 1.807) is 21.8 Å². The van der Waals surface area contributed by atoms with Crippen molar-refractivity contribution in [3.8, 4) is 16.8 Å². The van der Waals surface area contributed by atoms with Crippen LogP contribution in [0.2, 0.25) is 0 Å². The molecule has 2 amide bonds. The van der Waals surface area contributed by atoms with Gasteiger partial charge in [0.05, 0.1) is 28.5 Å². The molecule has 3 aromatic heterocycles. The summed E-state index contributed by atoms with van der Waals surface area (Å²) < 4.78 is 3.47. The number of rotatable bonds is 4. The number of urea groups is 1. The predicted molar refractivity (Wildman–Crippen MR) is 148 cm³/mol. The summed E-state index contributed by atoms with van der Waals surface area (Å²) in [5.74, 6) is 1.05. The molecule has 0 saturated carbocycles. The third kappa shape index (κ3) is 4.75. The lowest BCUT2D eigenvalue weighted by Gasteiger charge is -2.14. The minimum Gasteiger partial charge on any atom is -0.382 e. The van der Waals surface area contributed by atoms with Crippen LogP contribution in [0, 0.1) is 6.92 Å². The van der Waals surface area contributed by atoms with Crippen LogP contribution in [0.4, 0.5) is 22.1 Å². The predicted octanol–water partition coefficient (Wildman–Crippen LogP) is 5.65. The summed E-state index contributed by atoms with van der Waals surface area (Å²) in [5.41, 5.74) is 12.2. The van der Waals surface area contributed by atoms with Crippen LogP contribution in [0.3, 0.4) is 0 Å². The van der Waals surface area contributed by atoms with E-state index in [0.717, 1.165) is 39.0 Å². The molecule has 0 saturated heterocycles. The smallest absolute Gasteiger partial charge is 0.324 e. The van der Waals surface area contributed by atoms with E-state index in [1.165, 1.54) is 0 Å². The fraction of sp³-hybridized carbons (Fsp3) is 0.214. The van der Waals surface area contributed by atoms with Gasteiger partial charge in [-0.1, -0.05) is 50.6 Å². The monoisotopic (exact) mass is 494 g/mol. The molecule has 5 rings (SSSR count). The number of aromatic nitrogens is 5. The summed E-state index contributed by atoms with van der Waals surface area (Å²) in [7, 11) is 1.84. The summed E-state index contributed by atoms with van der Waals surface area (Å²) in [4.78, 5) is 17.3. The van der Waals surface area contributed by atoms with Gasteiger partial charge in [0.25, 0.3) is 0 Å². The highest BCUT2D eigenvalue weighted by Gasteiger charge is 2.21. The first-order valence-electron chi connectivity index (χ1n) is 12.0. The number of fused-ring (bicyclic) bond motifs is 1. The Kier molecular flexibility index (Phi) is 5.91. The molecule has 0 radical (unpaired) electrons. The van der Waals surface area contributed by atoms with Gasteiger partial charge in [-0.3, -0.25) is 15.0 Å². The van der Waals surface area contributed by atoms with Crippen molar-refractivity contribution in [2.45, 2.75) is 33.1 Å². The lowest BCUT2D eigenvalue weighted by atomic mass is 9.92. The second-order valence-electron chi connectivity index (χ2n) is 10.2. The molecular weight excluding hydrogens is 464 g/mol. The molecule has 188 valence electrons. The lowest BCUT2D eigenvalue weighted by Crippen LogP contribution is -2.21. The van der Waals surface area contributed by atoms with Crippen LogP contribution in [0.15, 0.2) is 67.0 Å². The van der Waals surface area contributed by atoms with Gasteiger partial charge in [0.2, 0.25) is 0 Å². The minimum absolute atomic E-state index is 0.173. The first-order valence-corrected chi connectivity index (χ1v) is 12.0. The van der Waals surface area contributed by atoms with Crippen LogP contribution in [-0.2, 0) is 12.5 Å². The fourth-order valence-electron chi connectivity index (χ4n) is 4.18. The number of anilines is 3. The third-order valence-electron chi connectivity index (χ3n) is 6.24. The molecule has 3 heterocycles. The maximum Gasteiger partial charge on any atom is 0.324 e. The number of nitrogens with two attached hydrogens (primary N) is 1. The molecule has 0 atom stereocenters. The number of nitrogen functional groups attached to an aromatic ring is 1. The number of nitrogens with one attached hydrogen (secondary N) is 2. The molecule has 0 fully saturated rings. The third-order valence-corrected chi connectivity index (χ3v) is 6.24. The van der Waals surface area contributed by atoms with Gasteiger partial charge in [-0.15, -0.1) is 0 Å². The number of hydrogen-bond acceptors (Lipinski definition) is 5. The number of carbonyl (C=O) groups excluding carboxylic acids is 1. The SMILES string of the molecule is Cc1ccc(-n2nc(C(C)(C)C)cc2NC(=O)Nc2ccc(-c3cncc4c3c(N)nn4C)cc2)cc1. The standard InChI is InChI=1S/C28H30N8O/c1-17-6-12-20(13-7-17)36-24(14-23(33-36)28(2,3)4)32-27(37)31-19-10-8-18(9-11-19)21-15-30-16-22-25(21)26(29)34-35(22)5/h6-16H,1-5H3,(H2,29,34)(H2,31,32,37). The number of nitrogens with zero attached hydrogens (tertiary/aromatic N) is 5. The van der Waals surface area contributed by atoms with Crippen molar-refractivity contribution in [3.63, 3.8) is 0 Å². The molecule has 5 aromatic rings. The van der Waals surface area contributed by atoms with Gasteiger partial charge < -0.3 is 11.1 Å². The average Bonchev–Trinajstić information content (AvgIpc) is 3.41. The largest absolute Gasteiger partial charge is 0.382 e. The van der Waals surface area contributed by atoms with Gasteiger partial charge in [-0.2, -0.15) is 10.2 Å². The zero-order valence-electron chi connectivity index (χ0n) is 21.6. The first-order chi connectivity index (χ1) is 17.6. The maximum absolute atomic E-state index is 13.0. The normalized spacial score (nSPS) is 11.6. The first kappa shape index (κ1) is 24.1. The zero-order valence-corrected chi connectivity index (χ0v) is 21.6. The van der Waals surface area contributed by atoms with Crippen molar-refractivity contribution in [2.24, 2.45) is 7.05 Å². The number of carbonyl (C=O) groups is 1. The van der Waals surface area contributed by atoms with Gasteiger partial charge in [0.1, 0.15) is 5.82 Å². The number of amides is 2. The topological polar surface area (TPSA) is 116 Å². The molecule has 0 bridgehead atoms. The fourth-order valence-corrected chi connectivity index (χ4v) is 4.18. The molecule has 0 aliphatic rings. The van der Waals surface area contributed by atoms with Crippen molar-refractivity contribution in [1.82, 2.24) is 24.5 Å². The molecule has 9 heteroatoms. The molecule has 37 heavy (non-hydrogen) atoms. The van der Waals surface area contributed by atoms with Crippen molar-refractivity contribution < 1.29 is 4.79 Å². The van der Waals surface area contributed by atoms with E-state index in [9.17, 15) is 4.79 Å². The summed E-state index contributed by atoms with van der Waals surface area (Å²) in [5, 5.41) is 15.8. The van der Waals surface area contributed by atoms with E-state index in [0.29, 0.717) is 17.3 Å². The van der Waals surface area contributed by atoms with Crippen molar-refractivity contribution in [1.29, 1.82) is 0 Å². The van der Waals surface area contributed by atoms with E-state index in [4.69, 9.17) is 10.8 Å². The Bertz CT molecular complexity index is 1590. The van der Waals surface area contributed by atoms with E-state index in [-0.39, 0.29) is 11.4 Å². The highest BCUT2D eigenvalue weighted by molar-refractivity contribution is 6.02. The maximum atomic E-state index is 13.0. The molecule has 4 N–H and O–H groups in total. The Balaban J connectivity index is 1.37. The van der Waals surface area contributed by atoms with Crippen LogP contribution in [0.1, 0.15) is 32.0 Å². The Labute approximate surface area is 215 Å². The number of hydrogen-bond donors (Lipinski definition) is 3. The quantitative estimate of drug-likeness (QED) is 0.298. The molecule has 0 unspecified atom stereocenters. The van der Waals surface area contributed by atoms with Crippen molar-refractivity contribution >= 4 is 34.3 Å². The van der Waals surface area contributed by atoms with E-state index >= 15 is 0 Å². The van der Waals surface area contributed by atoms with E-state index < -0.39 is 0 Å². The molecular formula is C28H30N8O. The minimum atomic E-state index is -0.359. The number of benzene rings is 2. The Morgan fingerprint density at radius 2 is 1.65 bits per heavy atom. The Morgan fingerprint density at radius 3 is 2.32 bits per heavy atom. The average molecular weight is 495 g/mol. The number of pyridine rings is 1. The van der Waals surface area contributed by atoms with Crippen LogP contribution < -0.4 is 16.4 Å². The number of aryl methyl sites for hydroxylation is 2. The summed E-state index contributed by atoms with van der Waals surface area (Å²) in [6.07, 6.45) is 3.52. The zero-order chi connectivity index (χ0) is 26.3. The van der Waals surface area contributed by atoms with Gasteiger partial charge in [0, 0.05) is 36.0 Å². The van der Waals surface area contributed by atoms with Crippen LogP contribution in [0.25, 0.3) is 27.7 Å². The van der Waals surface area contributed by atoms with E-state index in [2.05, 4.69) is 41.5 Å². The molecule has 2 aromatic carbocycles. The van der Waals surface area contributed by atoms with Crippen LogP contribution >= 0.6 is 0 Å². The molecule has 0 spiro atoms. The Morgan fingerprint density at radius 1 is 0.946 bits per heavy atom. The molecule has 0 aliphatic carbocycles. The van der Waals surface area contributed by atoms with Gasteiger partial charge >= 0.3 is 6.03 Å². The molecule has 0 aliphatic heterocycles. The lowest BCUT2D eigenvalue weighted by molar-refractivity contribution is 0.262. The highest BCUT2D eigenvalue weighted by Crippen LogP contribution is 2.32. The van der Waals surface area contributed by atoms with E-state index in [1.807, 2.05) is 68.6 Å². The summed E-state index contributed by atoms with van der Waals surface area (Å²) in [6.45, 7) is 8.31. The summed E-state index contributed by atoms with van der Waals surface area (Å²) >= 11 is 0. The van der Waals surface area contributed by atoms with Crippen molar-refractivity contribution in [2.75, 3.05) is 16.4 Å². The Hall–Kier alpha value is -4.66. The van der Waals surface area contributed by atoms with Gasteiger partial charge in [-0.25, -0.2) is 9.48 Å². The second kappa shape index (κ2) is 9.09. The van der Waals surface area contributed by atoms with Gasteiger partial charge in [0.15, 0.2) is 5.82 Å². The van der Waals surface area contributed by atoms with Crippen LogP contribution in [-0.4, -0.2) is 30.6 Å². The molecule has 9 nitrogen and oxygen atoms in total. The highest BCUT2D eigenvalue weighted by atomic mass is 16.2. The second-order valence-corrected chi connectivity index (χ2v) is 10.2. The van der Waals surface area contributed by atoms with Gasteiger partial charge in [-0.05, 0) is 36.8 Å². The van der Waals surface area contributed by atoms with Crippen molar-refractivity contribution in [3.05, 3.63) is 78.2 Å². The summed E-state index contributed by atoms with van der Waals surface area (Å²) in [6, 6.07) is 17.1. The van der Waals surface area contributed by atoms with Crippen LogP contribution in [0.5, 0.6) is 0 Å².